The molecule has 0 bridgehead atoms. The summed E-state index contributed by atoms with van der Waals surface area (Å²) in [6, 6.07) is 7.09. The number of pyridine rings is 2. The van der Waals surface area contributed by atoms with Crippen LogP contribution in [0.4, 0.5) is 4.39 Å². The summed E-state index contributed by atoms with van der Waals surface area (Å²) < 4.78 is 19.0. The van der Waals surface area contributed by atoms with E-state index < -0.39 is 0 Å². The van der Waals surface area contributed by atoms with Crippen molar-refractivity contribution in [1.82, 2.24) is 15.3 Å². The van der Waals surface area contributed by atoms with Gasteiger partial charge in [0.1, 0.15) is 11.9 Å². The summed E-state index contributed by atoms with van der Waals surface area (Å²) in [6.07, 6.45) is 7.99. The molecule has 1 aliphatic rings. The second-order valence-corrected chi connectivity index (χ2v) is 6.00. The maximum atomic E-state index is 12.9. The van der Waals surface area contributed by atoms with Crippen molar-refractivity contribution in [2.24, 2.45) is 0 Å². The first-order chi connectivity index (χ1) is 11.2. The number of hydrogen-bond acceptors (Lipinski definition) is 4. The molecule has 0 radical (unpaired) electrons. The van der Waals surface area contributed by atoms with Crippen LogP contribution >= 0.6 is 0 Å². The minimum atomic E-state index is -0.319. The zero-order valence-corrected chi connectivity index (χ0v) is 13.3. The monoisotopic (exact) mass is 315 g/mol. The van der Waals surface area contributed by atoms with Gasteiger partial charge in [-0.2, -0.15) is 0 Å². The summed E-state index contributed by atoms with van der Waals surface area (Å²) in [5.41, 5.74) is 1.85. The number of aromatic nitrogens is 2. The molecule has 1 aliphatic carbocycles. The Labute approximate surface area is 136 Å². The molecule has 0 aromatic carbocycles. The van der Waals surface area contributed by atoms with E-state index >= 15 is 0 Å². The Morgan fingerprint density at radius 3 is 2.83 bits per heavy atom. The molecular weight excluding hydrogens is 293 g/mol. The van der Waals surface area contributed by atoms with E-state index in [-0.39, 0.29) is 11.9 Å². The number of hydrogen-bond donors (Lipinski definition) is 1. The Morgan fingerprint density at radius 1 is 1.26 bits per heavy atom. The van der Waals surface area contributed by atoms with E-state index in [1.807, 2.05) is 19.1 Å². The van der Waals surface area contributed by atoms with Gasteiger partial charge in [0.2, 0.25) is 5.88 Å². The van der Waals surface area contributed by atoms with Crippen molar-refractivity contribution in [3.8, 4) is 5.88 Å². The highest BCUT2D eigenvalue weighted by Gasteiger charge is 2.18. The highest BCUT2D eigenvalue weighted by Crippen LogP contribution is 2.25. The summed E-state index contributed by atoms with van der Waals surface area (Å²) in [5, 5.41) is 3.40. The van der Waals surface area contributed by atoms with E-state index in [1.54, 1.807) is 12.3 Å². The van der Waals surface area contributed by atoms with E-state index in [0.29, 0.717) is 18.5 Å². The van der Waals surface area contributed by atoms with Crippen LogP contribution in [0.5, 0.6) is 5.88 Å². The zero-order valence-electron chi connectivity index (χ0n) is 13.3. The third kappa shape index (κ3) is 4.26. The molecule has 0 spiro atoms. The minimum Gasteiger partial charge on any atom is -0.474 e. The lowest BCUT2D eigenvalue weighted by atomic mass is 10.2. The molecule has 0 aliphatic heterocycles. The molecule has 2 aromatic rings. The fourth-order valence-corrected chi connectivity index (χ4v) is 2.84. The fraction of sp³-hybridized carbons (Fsp3) is 0.444. The normalized spacial score (nSPS) is 16.4. The zero-order chi connectivity index (χ0) is 16.1. The van der Waals surface area contributed by atoms with Gasteiger partial charge in [-0.3, -0.25) is 4.98 Å². The summed E-state index contributed by atoms with van der Waals surface area (Å²) in [6.45, 7) is 2.64. The van der Waals surface area contributed by atoms with Gasteiger partial charge in [0, 0.05) is 24.3 Å². The molecule has 0 unspecified atom stereocenters. The molecule has 1 atom stereocenters. The van der Waals surface area contributed by atoms with Crippen LogP contribution in [-0.2, 0) is 6.54 Å². The molecule has 3 rings (SSSR count). The second kappa shape index (κ2) is 7.51. The molecule has 2 heterocycles. The molecule has 1 saturated carbocycles. The van der Waals surface area contributed by atoms with Crippen molar-refractivity contribution in [1.29, 1.82) is 0 Å². The highest BCUT2D eigenvalue weighted by molar-refractivity contribution is 5.26. The van der Waals surface area contributed by atoms with Crippen LogP contribution in [0, 0.1) is 5.82 Å². The molecule has 0 amide bonds. The summed E-state index contributed by atoms with van der Waals surface area (Å²) in [7, 11) is 0. The highest BCUT2D eigenvalue weighted by atomic mass is 19.1. The Morgan fingerprint density at radius 2 is 2.09 bits per heavy atom. The van der Waals surface area contributed by atoms with Gasteiger partial charge in [-0.15, -0.1) is 0 Å². The van der Waals surface area contributed by atoms with Crippen molar-refractivity contribution in [2.45, 2.75) is 51.3 Å². The van der Waals surface area contributed by atoms with Crippen LogP contribution in [0.2, 0.25) is 0 Å². The number of halogens is 1. The number of ether oxygens (including phenoxy) is 1. The van der Waals surface area contributed by atoms with Gasteiger partial charge < -0.3 is 10.1 Å². The SMILES string of the molecule is C[C@@H](NCc1cccnc1OC1CCCC1)c1ccc(F)cn1. The number of nitrogens with zero attached hydrogens (tertiary/aromatic N) is 2. The van der Waals surface area contributed by atoms with Gasteiger partial charge in [0.05, 0.1) is 11.9 Å². The van der Waals surface area contributed by atoms with Crippen LogP contribution < -0.4 is 10.1 Å². The maximum Gasteiger partial charge on any atom is 0.218 e. The smallest absolute Gasteiger partial charge is 0.218 e. The van der Waals surface area contributed by atoms with E-state index in [4.69, 9.17) is 4.74 Å². The molecule has 1 fully saturated rings. The average molecular weight is 315 g/mol. The lowest BCUT2D eigenvalue weighted by Gasteiger charge is -2.17. The van der Waals surface area contributed by atoms with Crippen LogP contribution in [0.1, 0.15) is 49.9 Å². The third-order valence-electron chi connectivity index (χ3n) is 4.22. The topological polar surface area (TPSA) is 47.0 Å². The van der Waals surface area contributed by atoms with Crippen LogP contribution in [0.3, 0.4) is 0 Å². The first kappa shape index (κ1) is 15.9. The van der Waals surface area contributed by atoms with Gasteiger partial charge in [0.25, 0.3) is 0 Å². The lowest BCUT2D eigenvalue weighted by molar-refractivity contribution is 0.198. The molecular formula is C18H22FN3O. The van der Waals surface area contributed by atoms with Crippen molar-refractivity contribution < 1.29 is 9.13 Å². The molecule has 2 aromatic heterocycles. The van der Waals surface area contributed by atoms with E-state index in [9.17, 15) is 4.39 Å². The molecule has 4 nitrogen and oxygen atoms in total. The van der Waals surface area contributed by atoms with Gasteiger partial charge in [-0.05, 0) is 50.8 Å². The van der Waals surface area contributed by atoms with Crippen LogP contribution in [-0.4, -0.2) is 16.1 Å². The van der Waals surface area contributed by atoms with E-state index in [0.717, 1.165) is 24.1 Å². The van der Waals surface area contributed by atoms with Gasteiger partial charge in [0.15, 0.2) is 0 Å². The van der Waals surface area contributed by atoms with Crippen molar-refractivity contribution in [2.75, 3.05) is 0 Å². The molecule has 5 heteroatoms. The Bertz CT molecular complexity index is 626. The van der Waals surface area contributed by atoms with Crippen molar-refractivity contribution in [3.63, 3.8) is 0 Å². The number of nitrogens with one attached hydrogen (secondary N) is 1. The predicted molar refractivity (Wildman–Crippen MR) is 86.6 cm³/mol. The first-order valence-corrected chi connectivity index (χ1v) is 8.18. The summed E-state index contributed by atoms with van der Waals surface area (Å²) >= 11 is 0. The second-order valence-electron chi connectivity index (χ2n) is 6.00. The molecule has 0 saturated heterocycles. The standard InChI is InChI=1S/C18H22FN3O/c1-13(17-9-8-15(19)12-22-17)21-11-14-5-4-10-20-18(14)23-16-6-2-3-7-16/h4-5,8-10,12-13,16,21H,2-3,6-7,11H2,1H3/t13-/m1/s1. The van der Waals surface area contributed by atoms with Crippen molar-refractivity contribution >= 4 is 0 Å². The Kier molecular flexibility index (Phi) is 5.18. The third-order valence-corrected chi connectivity index (χ3v) is 4.22. The molecule has 1 N–H and O–H groups in total. The largest absolute Gasteiger partial charge is 0.474 e. The maximum absolute atomic E-state index is 12.9. The summed E-state index contributed by atoms with van der Waals surface area (Å²) in [5.74, 6) is 0.395. The summed E-state index contributed by atoms with van der Waals surface area (Å²) in [4.78, 5) is 8.49. The van der Waals surface area contributed by atoms with E-state index in [2.05, 4.69) is 15.3 Å². The molecule has 23 heavy (non-hydrogen) atoms. The van der Waals surface area contributed by atoms with Gasteiger partial charge in [-0.1, -0.05) is 6.07 Å². The minimum absolute atomic E-state index is 0.0233. The first-order valence-electron chi connectivity index (χ1n) is 8.18. The predicted octanol–water partition coefficient (Wildman–Crippen LogP) is 3.79. The number of rotatable bonds is 6. The Balaban J connectivity index is 1.62. The Hall–Kier alpha value is -2.01. The average Bonchev–Trinajstić information content (AvgIpc) is 3.07. The van der Waals surface area contributed by atoms with Crippen LogP contribution in [0.25, 0.3) is 0 Å². The van der Waals surface area contributed by atoms with Crippen LogP contribution in [0.15, 0.2) is 36.7 Å². The van der Waals surface area contributed by atoms with Crippen molar-refractivity contribution in [3.05, 3.63) is 53.7 Å². The fourth-order valence-electron chi connectivity index (χ4n) is 2.84. The van der Waals surface area contributed by atoms with E-state index in [1.165, 1.54) is 25.1 Å². The quantitative estimate of drug-likeness (QED) is 0.881. The van der Waals surface area contributed by atoms with Gasteiger partial charge in [-0.25, -0.2) is 9.37 Å². The molecule has 122 valence electrons. The lowest BCUT2D eigenvalue weighted by Crippen LogP contribution is -2.21. The van der Waals surface area contributed by atoms with Gasteiger partial charge >= 0.3 is 0 Å².